The van der Waals surface area contributed by atoms with Crippen LogP contribution in [0.1, 0.15) is 148 Å². The molecule has 0 fully saturated rings. The van der Waals surface area contributed by atoms with E-state index in [4.69, 9.17) is 26.8 Å². The second kappa shape index (κ2) is 31.5. The first-order valence-corrected chi connectivity index (χ1v) is 27.0. The van der Waals surface area contributed by atoms with Crippen LogP contribution >= 0.6 is 35.7 Å². The number of carboxylic acid groups (broad SMARTS) is 2. The second-order valence-corrected chi connectivity index (χ2v) is 23.0. The average molecular weight is 1080 g/mol. The predicted molar refractivity (Wildman–Crippen MR) is 290 cm³/mol. The van der Waals surface area contributed by atoms with Crippen molar-refractivity contribution in [2.24, 2.45) is 31.8 Å². The summed E-state index contributed by atoms with van der Waals surface area (Å²) >= 11 is 8.39. The fourth-order valence-electron chi connectivity index (χ4n) is 8.07. The molecule has 2 heterocycles. The van der Waals surface area contributed by atoms with E-state index < -0.39 is 76.6 Å². The maximum Gasteiger partial charge on any atom is 0.326 e. The molecule has 0 saturated carbocycles. The van der Waals surface area contributed by atoms with Crippen molar-refractivity contribution in [3.63, 3.8) is 0 Å². The number of amides is 3. The van der Waals surface area contributed by atoms with E-state index in [1.807, 2.05) is 0 Å². The number of carbonyl (C=O) groups excluding carboxylic acids is 5. The fourth-order valence-corrected chi connectivity index (χ4v) is 11.2. The topological polar surface area (TPSA) is 296 Å². The van der Waals surface area contributed by atoms with Gasteiger partial charge in [0.15, 0.2) is 18.1 Å². The van der Waals surface area contributed by atoms with Crippen LogP contribution < -0.4 is 21.3 Å². The lowest BCUT2D eigenvalue weighted by molar-refractivity contribution is -0.146. The van der Waals surface area contributed by atoms with Gasteiger partial charge in [-0.1, -0.05) is 88.7 Å². The highest BCUT2D eigenvalue weighted by Crippen LogP contribution is 2.40. The number of aliphatic carboxylic acids is 2. The van der Waals surface area contributed by atoms with Crippen molar-refractivity contribution in [2.75, 3.05) is 24.7 Å². The monoisotopic (exact) mass is 1070 g/mol. The predicted octanol–water partition coefficient (Wildman–Crippen LogP) is 6.73. The molecule has 0 saturated heterocycles. The number of carbonyl (C=O) groups is 7. The molecule has 2 aliphatic heterocycles. The summed E-state index contributed by atoms with van der Waals surface area (Å²) in [7, 11) is 1.25. The number of ether oxygens (including phenoxy) is 2. The Labute approximate surface area is 442 Å². The maximum absolute atomic E-state index is 14.6. The molecule has 6 atom stereocenters. The molecule has 3 amide bonds. The van der Waals surface area contributed by atoms with Crippen LogP contribution in [-0.4, -0.2) is 139 Å². The second-order valence-electron chi connectivity index (χ2n) is 19.2. The first-order chi connectivity index (χ1) is 34.6. The Balaban J connectivity index is 1.77. The van der Waals surface area contributed by atoms with Crippen LogP contribution in [0.3, 0.4) is 0 Å². The number of rotatable bonds is 33. The lowest BCUT2D eigenvalue weighted by atomic mass is 9.81. The molecule has 6 unspecified atom stereocenters. The Hall–Kier alpha value is -5.26. The molecular weight excluding hydrogens is 1000 g/mol. The highest BCUT2D eigenvalue weighted by molar-refractivity contribution is 8.47. The molecule has 0 bridgehead atoms. The van der Waals surface area contributed by atoms with Gasteiger partial charge in [0, 0.05) is 35.5 Å². The van der Waals surface area contributed by atoms with Crippen LogP contribution in [0.25, 0.3) is 0 Å². The molecular formula is C50H74N8O12S3. The van der Waals surface area contributed by atoms with Gasteiger partial charge in [-0.3, -0.25) is 39.1 Å². The summed E-state index contributed by atoms with van der Waals surface area (Å²) < 4.78 is 9.73. The Morgan fingerprint density at radius 2 is 1.51 bits per heavy atom. The maximum atomic E-state index is 14.6. The van der Waals surface area contributed by atoms with Crippen molar-refractivity contribution < 1.29 is 58.4 Å². The number of thiocarbonyl (C=S) groups is 1. The van der Waals surface area contributed by atoms with Gasteiger partial charge in [-0.2, -0.15) is 4.99 Å². The summed E-state index contributed by atoms with van der Waals surface area (Å²) in [5, 5.41) is 40.6. The number of nitrogens with one attached hydrogen (secondary N) is 4. The van der Waals surface area contributed by atoms with Crippen LogP contribution in [0.2, 0.25) is 0 Å². The summed E-state index contributed by atoms with van der Waals surface area (Å²) in [4.78, 5) is 106. The van der Waals surface area contributed by atoms with Gasteiger partial charge < -0.3 is 40.7 Å². The summed E-state index contributed by atoms with van der Waals surface area (Å²) in [6.07, 6.45) is 10.9. The van der Waals surface area contributed by atoms with Crippen molar-refractivity contribution in [3.05, 3.63) is 29.8 Å². The van der Waals surface area contributed by atoms with Crippen molar-refractivity contribution in [3.8, 4) is 0 Å². The number of nitrogens with zero attached hydrogens (tertiary/aromatic N) is 4. The van der Waals surface area contributed by atoms with Gasteiger partial charge in [-0.05, 0) is 96.7 Å². The molecule has 20 nitrogen and oxygen atoms in total. The van der Waals surface area contributed by atoms with E-state index in [0.717, 1.165) is 36.8 Å². The molecule has 23 heteroatoms. The number of carboxylic acids is 2. The molecule has 0 aromatic heterocycles. The largest absolute Gasteiger partial charge is 0.481 e. The van der Waals surface area contributed by atoms with Crippen LogP contribution in [-0.2, 0) is 38.2 Å². The van der Waals surface area contributed by atoms with Gasteiger partial charge in [-0.15, -0.1) is 11.8 Å². The molecule has 0 aliphatic carbocycles. The summed E-state index contributed by atoms with van der Waals surface area (Å²) in [5.74, 6) is -6.34. The smallest absolute Gasteiger partial charge is 0.326 e. The van der Waals surface area contributed by atoms with E-state index in [2.05, 4.69) is 48.2 Å². The van der Waals surface area contributed by atoms with Gasteiger partial charge in [0.05, 0.1) is 25.6 Å². The molecule has 404 valence electrons. The lowest BCUT2D eigenvalue weighted by Gasteiger charge is -2.33. The first kappa shape index (κ1) is 62.0. The number of hydrogen-bond acceptors (Lipinski definition) is 18. The number of methoxy groups -OCH3 is 1. The Morgan fingerprint density at radius 3 is 2.10 bits per heavy atom. The van der Waals surface area contributed by atoms with E-state index in [-0.39, 0.29) is 61.5 Å². The molecule has 7 N–H and O–H groups in total. The minimum Gasteiger partial charge on any atom is -0.481 e. The van der Waals surface area contributed by atoms with E-state index >= 15 is 0 Å². The third kappa shape index (κ3) is 22.4. The number of guanidine groups is 1. The Bertz CT molecular complexity index is 2190. The number of benzene rings is 1. The van der Waals surface area contributed by atoms with E-state index in [1.165, 1.54) is 82.2 Å². The molecule has 3 rings (SSSR count). The number of fused-ring (bicyclic) bond motifs is 1. The highest BCUT2D eigenvalue weighted by Gasteiger charge is 2.44. The van der Waals surface area contributed by atoms with Gasteiger partial charge in [0.25, 0.3) is 12.4 Å². The minimum atomic E-state index is -1.52. The molecule has 0 radical (unpaired) electrons. The van der Waals surface area contributed by atoms with Crippen molar-refractivity contribution in [2.45, 2.75) is 173 Å². The molecule has 1 aromatic carbocycles. The fraction of sp³-hybridized carbons (Fsp3) is 0.640. The number of aliphatic hydroxyl groups excluding tert-OH is 1. The third-order valence-electron chi connectivity index (χ3n) is 11.9. The van der Waals surface area contributed by atoms with E-state index in [0.29, 0.717) is 21.4 Å². The normalized spacial score (nSPS) is 17.2. The number of aliphatic imine (C=N–C) groups is 4. The van der Waals surface area contributed by atoms with Gasteiger partial charge in [0.2, 0.25) is 17.8 Å². The van der Waals surface area contributed by atoms with E-state index in [1.54, 1.807) is 46.8 Å². The zero-order chi connectivity index (χ0) is 54.1. The summed E-state index contributed by atoms with van der Waals surface area (Å²) in [5.41, 5.74) is 0.00829. The number of thioether (sulfide) groups is 2. The van der Waals surface area contributed by atoms with Crippen molar-refractivity contribution >= 4 is 111 Å². The van der Waals surface area contributed by atoms with Gasteiger partial charge >= 0.3 is 17.9 Å². The van der Waals surface area contributed by atoms with Crippen molar-refractivity contribution in [1.29, 1.82) is 0 Å². The first-order valence-electron chi connectivity index (χ1n) is 24.8. The molecule has 1 aromatic rings. The zero-order valence-electron chi connectivity index (χ0n) is 43.0. The number of anilines is 1. The zero-order valence-corrected chi connectivity index (χ0v) is 45.4. The number of hydrogen-bond donors (Lipinski definition) is 7. The number of aliphatic hydroxyl groups is 1. The van der Waals surface area contributed by atoms with Crippen LogP contribution in [0.4, 0.5) is 5.69 Å². The highest BCUT2D eigenvalue weighted by atomic mass is 32.2. The average Bonchev–Trinajstić information content (AvgIpc) is 3.32. The van der Waals surface area contributed by atoms with Gasteiger partial charge in [0.1, 0.15) is 19.9 Å². The SMILES string of the molecule is CCCCCCCCCCCCSC(=S)SC(C)(CC(CC(CC(C)(C)OC=O)C(=O)NC(C)C)C(=O)NC1=NC(O)C2N=C(CNc3ccc(C(=O)NC(CCC(=O)O)C(=O)O)cc3)C=NC2=N1)C(=O)OC. The Morgan fingerprint density at radius 1 is 0.877 bits per heavy atom. The number of amidine groups is 1. The quantitative estimate of drug-likeness (QED) is 0.0166. The minimum absolute atomic E-state index is 0.0336. The number of esters is 1. The molecule has 2 aliphatic rings. The standard InChI is InChI=1S/C50H74N8O12S3/c1-8-9-10-11-12-13-14-15-16-17-24-72-48(71)73-50(6,46(68)69-7)27-34(25-33(42(63)53-31(2)3)26-49(4,5)70-30-59)43(64)57-47-56-40-39(44(65)58-47)54-36(29-52-40)28-51-35-20-18-32(19-21-35)41(62)55-37(45(66)67)22-23-38(60)61/h18-21,29-31,33-34,37,39,44,51,65H,8-17,22-28H2,1-7H3,(H,53,63)(H,55,62)(H,60,61)(H,66,67)(H,57,58,64). The Kier molecular flexibility index (Phi) is 26.7. The van der Waals surface area contributed by atoms with Crippen LogP contribution in [0.15, 0.2) is 44.2 Å². The third-order valence-corrected chi connectivity index (χ3v) is 14.8. The van der Waals surface area contributed by atoms with Crippen molar-refractivity contribution in [1.82, 2.24) is 16.0 Å². The molecule has 73 heavy (non-hydrogen) atoms. The lowest BCUT2D eigenvalue weighted by Crippen LogP contribution is -2.47. The van der Waals surface area contributed by atoms with Crippen LogP contribution in [0.5, 0.6) is 0 Å². The van der Waals surface area contributed by atoms with E-state index in [9.17, 15) is 43.8 Å². The summed E-state index contributed by atoms with van der Waals surface area (Å²) in [6, 6.07) is 3.41. The van der Waals surface area contributed by atoms with Crippen LogP contribution in [0, 0.1) is 11.8 Å². The summed E-state index contributed by atoms with van der Waals surface area (Å²) in [6.45, 7) is 11.2. The molecule has 0 spiro atoms. The number of unbranched alkanes of at least 4 members (excludes halogenated alkanes) is 9. The van der Waals surface area contributed by atoms with Gasteiger partial charge in [-0.25, -0.2) is 14.8 Å².